The minimum atomic E-state index is -0.292. The number of halogens is 1. The number of carbonyl (C=O) groups excluding carboxylic acids is 1. The van der Waals surface area contributed by atoms with Gasteiger partial charge < -0.3 is 10.2 Å². The molecule has 0 radical (unpaired) electrons. The van der Waals surface area contributed by atoms with Crippen molar-refractivity contribution in [3.05, 3.63) is 65.0 Å². The van der Waals surface area contributed by atoms with Gasteiger partial charge in [0.25, 0.3) is 0 Å². The molecule has 144 valence electrons. The Bertz CT molecular complexity index is 795. The molecule has 5 heteroatoms. The zero-order valence-electron chi connectivity index (χ0n) is 16.3. The Morgan fingerprint density at radius 2 is 1.70 bits per heavy atom. The predicted molar refractivity (Wildman–Crippen MR) is 112 cm³/mol. The van der Waals surface area contributed by atoms with Crippen molar-refractivity contribution in [2.45, 2.75) is 44.9 Å². The van der Waals surface area contributed by atoms with E-state index in [4.69, 9.17) is 0 Å². The molecule has 1 heterocycles. The average molecular weight is 387 g/mol. The second-order valence-electron chi connectivity index (χ2n) is 7.49. The molecule has 0 spiro atoms. The molecule has 1 aliphatic heterocycles. The molecule has 1 atom stereocenters. The number of amides is 2. The minimum Gasteiger partial charge on any atom is -0.307 e. The smallest absolute Gasteiger partial charge is 0.307 e. The summed E-state index contributed by atoms with van der Waals surface area (Å²) in [5.74, 6) is 1.14. The molecule has 3 rings (SSSR count). The van der Waals surface area contributed by atoms with Gasteiger partial charge in [0.05, 0.1) is 0 Å². The molecule has 3 nitrogen and oxygen atoms in total. The summed E-state index contributed by atoms with van der Waals surface area (Å²) >= 11 is 1.60. The van der Waals surface area contributed by atoms with Crippen molar-refractivity contribution < 1.29 is 9.18 Å². The lowest BCUT2D eigenvalue weighted by Gasteiger charge is -2.27. The highest BCUT2D eigenvalue weighted by Gasteiger charge is 2.33. The van der Waals surface area contributed by atoms with Gasteiger partial charge in [0.15, 0.2) is 0 Å². The molecule has 0 saturated carbocycles. The number of thioether (sulfide) groups is 1. The van der Waals surface area contributed by atoms with Gasteiger partial charge in [-0.25, -0.2) is 9.18 Å². The molecule has 0 aliphatic carbocycles. The van der Waals surface area contributed by atoms with Crippen LogP contribution in [0.5, 0.6) is 0 Å². The number of hydrogen-bond donors (Lipinski definition) is 1. The van der Waals surface area contributed by atoms with Crippen LogP contribution in [-0.4, -0.2) is 23.2 Å². The van der Waals surface area contributed by atoms with Crippen LogP contribution in [0.3, 0.4) is 0 Å². The van der Waals surface area contributed by atoms with Crippen LogP contribution in [0.2, 0.25) is 0 Å². The summed E-state index contributed by atoms with van der Waals surface area (Å²) in [5, 5.41) is 2.86. The summed E-state index contributed by atoms with van der Waals surface area (Å²) < 4.78 is 14.3. The summed E-state index contributed by atoms with van der Waals surface area (Å²) in [6.45, 7) is 9.12. The maximum Gasteiger partial charge on any atom is 0.323 e. The van der Waals surface area contributed by atoms with Gasteiger partial charge in [-0.05, 0) is 29.0 Å². The molecule has 2 amide bonds. The maximum atomic E-state index is 14.3. The Morgan fingerprint density at radius 1 is 1.07 bits per heavy atom. The molecule has 0 bridgehead atoms. The van der Waals surface area contributed by atoms with E-state index in [0.717, 1.165) is 22.6 Å². The normalized spacial score (nSPS) is 17.0. The van der Waals surface area contributed by atoms with Crippen molar-refractivity contribution in [2.75, 3.05) is 17.6 Å². The van der Waals surface area contributed by atoms with E-state index in [-0.39, 0.29) is 17.2 Å². The Kier molecular flexibility index (Phi) is 6.10. The standard InChI is InChI=1S/C22H27FN2OS/c1-14(2)16-9-7-10-17(15(3)4)20(16)24-22(26)25-12-13-27-21(25)18-8-5-6-11-19(18)23/h5-11,14-15,21H,12-13H2,1-4H3,(H,24,26)/t21-/m0/s1. The lowest BCUT2D eigenvalue weighted by molar-refractivity contribution is 0.213. The molecule has 0 unspecified atom stereocenters. The van der Waals surface area contributed by atoms with Gasteiger partial charge in [-0.3, -0.25) is 0 Å². The molecule has 1 N–H and O–H groups in total. The van der Waals surface area contributed by atoms with Crippen LogP contribution < -0.4 is 5.32 Å². The lowest BCUT2D eigenvalue weighted by atomic mass is 9.93. The first-order chi connectivity index (χ1) is 12.9. The fraction of sp³-hybridized carbons (Fsp3) is 0.409. The number of nitrogens with one attached hydrogen (secondary N) is 1. The van der Waals surface area contributed by atoms with Crippen molar-refractivity contribution in [2.24, 2.45) is 0 Å². The quantitative estimate of drug-likeness (QED) is 0.664. The molecular weight excluding hydrogens is 359 g/mol. The van der Waals surface area contributed by atoms with Crippen molar-refractivity contribution in [1.29, 1.82) is 0 Å². The first-order valence-corrected chi connectivity index (χ1v) is 10.5. The van der Waals surface area contributed by atoms with Gasteiger partial charge in [-0.1, -0.05) is 64.1 Å². The monoisotopic (exact) mass is 386 g/mol. The number of urea groups is 1. The number of carbonyl (C=O) groups is 1. The van der Waals surface area contributed by atoms with Gasteiger partial charge >= 0.3 is 6.03 Å². The van der Waals surface area contributed by atoms with Crippen LogP contribution in [0, 0.1) is 5.82 Å². The summed E-state index contributed by atoms with van der Waals surface area (Å²) in [6, 6.07) is 12.7. The average Bonchev–Trinajstić information content (AvgIpc) is 3.11. The van der Waals surface area contributed by atoms with E-state index in [9.17, 15) is 9.18 Å². The van der Waals surface area contributed by atoms with Crippen LogP contribution in [0.1, 0.15) is 61.6 Å². The topological polar surface area (TPSA) is 32.3 Å². The molecular formula is C22H27FN2OS. The Labute approximate surface area is 165 Å². The zero-order chi connectivity index (χ0) is 19.6. The van der Waals surface area contributed by atoms with E-state index in [0.29, 0.717) is 23.9 Å². The third-order valence-electron chi connectivity index (χ3n) is 4.93. The fourth-order valence-electron chi connectivity index (χ4n) is 3.49. The van der Waals surface area contributed by atoms with E-state index in [1.54, 1.807) is 28.8 Å². The highest BCUT2D eigenvalue weighted by atomic mass is 32.2. The number of rotatable bonds is 4. The Hall–Kier alpha value is -2.01. The fourth-order valence-corrected chi connectivity index (χ4v) is 4.76. The van der Waals surface area contributed by atoms with E-state index < -0.39 is 0 Å². The predicted octanol–water partition coefficient (Wildman–Crippen LogP) is 6.35. The van der Waals surface area contributed by atoms with Crippen LogP contribution in [-0.2, 0) is 0 Å². The first kappa shape index (κ1) is 19.7. The van der Waals surface area contributed by atoms with Crippen molar-refractivity contribution in [3.63, 3.8) is 0 Å². The number of nitrogens with zero attached hydrogens (tertiary/aromatic N) is 1. The van der Waals surface area contributed by atoms with Gasteiger partial charge in [0, 0.05) is 23.5 Å². The Balaban J connectivity index is 1.90. The highest BCUT2D eigenvalue weighted by molar-refractivity contribution is 7.99. The molecule has 1 aliphatic rings. The summed E-state index contributed by atoms with van der Waals surface area (Å²) in [5.41, 5.74) is 3.72. The second-order valence-corrected chi connectivity index (χ2v) is 8.68. The van der Waals surface area contributed by atoms with Crippen LogP contribution in [0.4, 0.5) is 14.9 Å². The number of benzene rings is 2. The van der Waals surface area contributed by atoms with Crippen molar-refractivity contribution in [1.82, 2.24) is 4.90 Å². The van der Waals surface area contributed by atoms with Crippen molar-refractivity contribution >= 4 is 23.5 Å². The van der Waals surface area contributed by atoms with Gasteiger partial charge in [0.2, 0.25) is 0 Å². The molecule has 1 fully saturated rings. The third-order valence-corrected chi connectivity index (χ3v) is 6.17. The van der Waals surface area contributed by atoms with E-state index >= 15 is 0 Å². The molecule has 1 saturated heterocycles. The van der Waals surface area contributed by atoms with Crippen LogP contribution in [0.15, 0.2) is 42.5 Å². The highest BCUT2D eigenvalue weighted by Crippen LogP contribution is 2.40. The van der Waals surface area contributed by atoms with Gasteiger partial charge in [-0.2, -0.15) is 0 Å². The number of hydrogen-bond acceptors (Lipinski definition) is 2. The van der Waals surface area contributed by atoms with Crippen LogP contribution >= 0.6 is 11.8 Å². The van der Waals surface area contributed by atoms with E-state index in [1.807, 2.05) is 12.1 Å². The lowest BCUT2D eigenvalue weighted by Crippen LogP contribution is -2.35. The zero-order valence-corrected chi connectivity index (χ0v) is 17.1. The number of anilines is 1. The van der Waals surface area contributed by atoms with Crippen LogP contribution in [0.25, 0.3) is 0 Å². The summed E-state index contributed by atoms with van der Waals surface area (Å²) in [4.78, 5) is 14.9. The molecule has 27 heavy (non-hydrogen) atoms. The molecule has 0 aromatic heterocycles. The summed E-state index contributed by atoms with van der Waals surface area (Å²) in [7, 11) is 0. The third kappa shape index (κ3) is 4.13. The molecule has 2 aromatic carbocycles. The molecule has 2 aromatic rings. The minimum absolute atomic E-state index is 0.164. The maximum absolute atomic E-state index is 14.3. The van der Waals surface area contributed by atoms with E-state index in [2.05, 4.69) is 45.1 Å². The largest absolute Gasteiger partial charge is 0.323 e. The van der Waals surface area contributed by atoms with Gasteiger partial charge in [0.1, 0.15) is 11.2 Å². The Morgan fingerprint density at radius 3 is 2.30 bits per heavy atom. The SMILES string of the molecule is CC(C)c1cccc(C(C)C)c1NC(=O)N1CCS[C@H]1c1ccccc1F. The summed E-state index contributed by atoms with van der Waals surface area (Å²) in [6.07, 6.45) is 0. The van der Waals surface area contributed by atoms with E-state index in [1.165, 1.54) is 6.07 Å². The van der Waals surface area contributed by atoms with Gasteiger partial charge in [-0.15, -0.1) is 11.8 Å². The van der Waals surface area contributed by atoms with Crippen molar-refractivity contribution in [3.8, 4) is 0 Å². The second kappa shape index (κ2) is 8.34. The number of para-hydroxylation sites is 1. The first-order valence-electron chi connectivity index (χ1n) is 9.46.